The molecule has 0 aliphatic carbocycles. The number of carbonyl (C=O) groups excluding carboxylic acids is 1. The van der Waals surface area contributed by atoms with Crippen molar-refractivity contribution < 1.29 is 13.9 Å². The van der Waals surface area contributed by atoms with E-state index in [4.69, 9.17) is 9.73 Å². The molecule has 172 valence electrons. The molecule has 0 bridgehead atoms. The van der Waals surface area contributed by atoms with E-state index in [0.717, 1.165) is 44.2 Å². The van der Waals surface area contributed by atoms with Crippen molar-refractivity contribution in [1.82, 2.24) is 20.0 Å². The molecular weight excluding hydrogens is 397 g/mol. The van der Waals surface area contributed by atoms with E-state index in [0.29, 0.717) is 39.4 Å². The van der Waals surface area contributed by atoms with E-state index in [2.05, 4.69) is 35.9 Å². The van der Waals surface area contributed by atoms with Gasteiger partial charge in [-0.2, -0.15) is 0 Å². The average molecular weight is 434 g/mol. The first-order valence-electron chi connectivity index (χ1n) is 11.3. The van der Waals surface area contributed by atoms with Gasteiger partial charge < -0.3 is 19.9 Å². The first-order chi connectivity index (χ1) is 14.9. The van der Waals surface area contributed by atoms with E-state index < -0.39 is 0 Å². The summed E-state index contributed by atoms with van der Waals surface area (Å²) in [4.78, 5) is 23.8. The maximum absolute atomic E-state index is 13.7. The lowest BCUT2D eigenvalue weighted by molar-refractivity contribution is -0.136. The lowest BCUT2D eigenvalue weighted by Gasteiger charge is -2.37. The molecule has 1 aromatic carbocycles. The second kappa shape index (κ2) is 10.9. The van der Waals surface area contributed by atoms with Crippen LogP contribution >= 0.6 is 0 Å². The summed E-state index contributed by atoms with van der Waals surface area (Å²) in [6.45, 7) is 14.0. The van der Waals surface area contributed by atoms with Gasteiger partial charge in [0.15, 0.2) is 5.96 Å². The highest BCUT2D eigenvalue weighted by atomic mass is 19.1. The highest BCUT2D eigenvalue weighted by Crippen LogP contribution is 2.24. The molecule has 1 aromatic rings. The number of nitrogens with one attached hydrogen (secondary N) is 1. The van der Waals surface area contributed by atoms with Gasteiger partial charge in [0.05, 0.1) is 26.3 Å². The number of aliphatic imine (C=N–C) groups is 1. The summed E-state index contributed by atoms with van der Waals surface area (Å²) in [5.74, 6) is 0.851. The van der Waals surface area contributed by atoms with Crippen LogP contribution in [0.4, 0.5) is 4.39 Å². The summed E-state index contributed by atoms with van der Waals surface area (Å²) in [7, 11) is 0. The fourth-order valence-electron chi connectivity index (χ4n) is 3.92. The third kappa shape index (κ3) is 6.64. The molecule has 1 N–H and O–H groups in total. The van der Waals surface area contributed by atoms with Gasteiger partial charge in [-0.1, -0.05) is 26.0 Å². The van der Waals surface area contributed by atoms with E-state index in [9.17, 15) is 9.18 Å². The zero-order chi connectivity index (χ0) is 22.3. The molecule has 0 unspecified atom stereocenters. The Bertz CT molecular complexity index is 756. The van der Waals surface area contributed by atoms with E-state index in [1.807, 2.05) is 11.0 Å². The second-order valence-electron chi connectivity index (χ2n) is 8.82. The van der Waals surface area contributed by atoms with Crippen LogP contribution in [0.1, 0.15) is 26.3 Å². The first-order valence-corrected chi connectivity index (χ1v) is 11.3. The SMILES string of the molecule is CCNC(=NCC(C)(C)c1cccc(F)c1)N1CCN(CC(=O)N2CCOCC2)CC1. The van der Waals surface area contributed by atoms with Gasteiger partial charge in [-0.3, -0.25) is 14.7 Å². The van der Waals surface area contributed by atoms with Crippen LogP contribution in [0.2, 0.25) is 0 Å². The van der Waals surface area contributed by atoms with Crippen LogP contribution in [0.5, 0.6) is 0 Å². The molecule has 2 saturated heterocycles. The molecule has 0 saturated carbocycles. The van der Waals surface area contributed by atoms with E-state index >= 15 is 0 Å². The Kier molecular flexibility index (Phi) is 8.26. The zero-order valence-electron chi connectivity index (χ0n) is 19.1. The predicted octanol–water partition coefficient (Wildman–Crippen LogP) is 1.55. The van der Waals surface area contributed by atoms with Crippen molar-refractivity contribution in [2.45, 2.75) is 26.2 Å². The number of halogens is 1. The van der Waals surface area contributed by atoms with E-state index in [1.54, 1.807) is 12.1 Å². The van der Waals surface area contributed by atoms with Gasteiger partial charge in [-0.25, -0.2) is 4.39 Å². The van der Waals surface area contributed by atoms with Crippen molar-refractivity contribution in [3.63, 3.8) is 0 Å². The van der Waals surface area contributed by atoms with Crippen molar-refractivity contribution in [2.24, 2.45) is 4.99 Å². The van der Waals surface area contributed by atoms with Crippen molar-refractivity contribution in [3.05, 3.63) is 35.6 Å². The number of guanidine groups is 1. The van der Waals surface area contributed by atoms with Crippen LogP contribution in [0.25, 0.3) is 0 Å². The van der Waals surface area contributed by atoms with Crippen molar-refractivity contribution in [1.29, 1.82) is 0 Å². The van der Waals surface area contributed by atoms with E-state index in [-0.39, 0.29) is 17.1 Å². The minimum Gasteiger partial charge on any atom is -0.378 e. The molecule has 0 radical (unpaired) electrons. The Labute approximate surface area is 185 Å². The van der Waals surface area contributed by atoms with Crippen LogP contribution in [0.15, 0.2) is 29.3 Å². The standard InChI is InChI=1S/C23H36FN5O2/c1-4-25-22(26-18-23(2,3)19-6-5-7-20(24)16-19)29-10-8-27(9-11-29)17-21(30)28-12-14-31-15-13-28/h5-7,16H,4,8-15,17-18H2,1-3H3,(H,25,26). The maximum Gasteiger partial charge on any atom is 0.236 e. The number of hydrogen-bond donors (Lipinski definition) is 1. The Morgan fingerprint density at radius 2 is 1.84 bits per heavy atom. The number of ether oxygens (including phenoxy) is 1. The van der Waals surface area contributed by atoms with Gasteiger partial charge in [-0.05, 0) is 24.6 Å². The number of hydrogen-bond acceptors (Lipinski definition) is 4. The average Bonchev–Trinajstić information content (AvgIpc) is 2.78. The molecule has 0 atom stereocenters. The van der Waals surface area contributed by atoms with Crippen molar-refractivity contribution in [3.8, 4) is 0 Å². The maximum atomic E-state index is 13.7. The molecule has 0 spiro atoms. The minimum absolute atomic E-state index is 0.189. The van der Waals surface area contributed by atoms with E-state index in [1.165, 1.54) is 6.07 Å². The lowest BCUT2D eigenvalue weighted by atomic mass is 9.85. The normalized spacial score (nSPS) is 18.9. The number of morpholine rings is 1. The summed E-state index contributed by atoms with van der Waals surface area (Å²) >= 11 is 0. The number of piperazine rings is 1. The molecule has 2 heterocycles. The highest BCUT2D eigenvalue weighted by Gasteiger charge is 2.25. The van der Waals surface area contributed by atoms with Crippen molar-refractivity contribution >= 4 is 11.9 Å². The molecule has 8 heteroatoms. The summed E-state index contributed by atoms with van der Waals surface area (Å²) in [5.41, 5.74) is 0.674. The van der Waals surface area contributed by atoms with Crippen LogP contribution in [0.3, 0.4) is 0 Å². The van der Waals surface area contributed by atoms with Crippen LogP contribution in [0, 0.1) is 5.82 Å². The number of carbonyl (C=O) groups is 1. The molecule has 2 fully saturated rings. The molecule has 0 aromatic heterocycles. The van der Waals surface area contributed by atoms with Gasteiger partial charge in [0.1, 0.15) is 5.82 Å². The Balaban J connectivity index is 1.55. The molecule has 7 nitrogen and oxygen atoms in total. The van der Waals surface area contributed by atoms with Gasteiger partial charge in [-0.15, -0.1) is 0 Å². The molecular formula is C23H36FN5O2. The molecule has 31 heavy (non-hydrogen) atoms. The number of nitrogens with zero attached hydrogens (tertiary/aromatic N) is 4. The largest absolute Gasteiger partial charge is 0.378 e. The Hall–Kier alpha value is -2.19. The summed E-state index contributed by atoms with van der Waals surface area (Å²) in [6.07, 6.45) is 0. The molecule has 2 aliphatic rings. The van der Waals surface area contributed by atoms with Gasteiger partial charge in [0.2, 0.25) is 5.91 Å². The lowest BCUT2D eigenvalue weighted by Crippen LogP contribution is -2.55. The second-order valence-corrected chi connectivity index (χ2v) is 8.82. The van der Waals surface area contributed by atoms with Gasteiger partial charge in [0.25, 0.3) is 0 Å². The topological polar surface area (TPSA) is 60.4 Å². The Morgan fingerprint density at radius 1 is 1.13 bits per heavy atom. The van der Waals surface area contributed by atoms with Crippen LogP contribution in [-0.2, 0) is 14.9 Å². The fourth-order valence-corrected chi connectivity index (χ4v) is 3.92. The summed E-state index contributed by atoms with van der Waals surface area (Å²) < 4.78 is 19.0. The van der Waals surface area contributed by atoms with Gasteiger partial charge in [0, 0.05) is 51.2 Å². The smallest absolute Gasteiger partial charge is 0.236 e. The quantitative estimate of drug-likeness (QED) is 0.545. The number of amides is 1. The van der Waals surface area contributed by atoms with Gasteiger partial charge >= 0.3 is 0 Å². The number of rotatable bonds is 6. The van der Waals surface area contributed by atoms with Crippen LogP contribution < -0.4 is 5.32 Å². The third-order valence-corrected chi connectivity index (χ3v) is 5.96. The first kappa shape index (κ1) is 23.5. The summed E-state index contributed by atoms with van der Waals surface area (Å²) in [5, 5.41) is 3.39. The molecule has 2 aliphatic heterocycles. The zero-order valence-corrected chi connectivity index (χ0v) is 19.1. The number of benzene rings is 1. The molecule has 3 rings (SSSR count). The van der Waals surface area contributed by atoms with Crippen molar-refractivity contribution in [2.75, 3.05) is 72.1 Å². The third-order valence-electron chi connectivity index (χ3n) is 5.96. The fraction of sp³-hybridized carbons (Fsp3) is 0.652. The predicted molar refractivity (Wildman–Crippen MR) is 121 cm³/mol. The Morgan fingerprint density at radius 3 is 2.48 bits per heavy atom. The minimum atomic E-state index is -0.269. The monoisotopic (exact) mass is 433 g/mol. The summed E-state index contributed by atoms with van der Waals surface area (Å²) in [6, 6.07) is 6.76. The molecule has 1 amide bonds. The highest BCUT2D eigenvalue weighted by molar-refractivity contribution is 5.80. The van der Waals surface area contributed by atoms with Crippen LogP contribution in [-0.4, -0.2) is 98.7 Å².